The highest BCUT2D eigenvalue weighted by Crippen LogP contribution is 2.47. The molecule has 12 heteroatoms. The predicted octanol–water partition coefficient (Wildman–Crippen LogP) is 12.1. The summed E-state index contributed by atoms with van der Waals surface area (Å²) >= 11 is 0. The van der Waals surface area contributed by atoms with Gasteiger partial charge in [0.15, 0.2) is 5.66 Å². The maximum atomic E-state index is 9.77. The van der Waals surface area contributed by atoms with E-state index in [0.717, 1.165) is 11.1 Å². The Morgan fingerprint density at radius 2 is 0.671 bits per heavy atom. The molecule has 0 unspecified atom stereocenters. The van der Waals surface area contributed by atoms with Gasteiger partial charge >= 0.3 is 0 Å². The van der Waals surface area contributed by atoms with Crippen LogP contribution in [0.3, 0.4) is 0 Å². The zero-order valence-electron chi connectivity index (χ0n) is 38.8. The van der Waals surface area contributed by atoms with Crippen molar-refractivity contribution in [3.63, 3.8) is 0 Å². The molecule has 0 atom stereocenters. The lowest BCUT2D eigenvalue weighted by Gasteiger charge is -2.38. The molecule has 0 saturated carbocycles. The summed E-state index contributed by atoms with van der Waals surface area (Å²) in [5, 5.41) is 39.0. The van der Waals surface area contributed by atoms with Crippen molar-refractivity contribution in [2.75, 3.05) is 0 Å². The summed E-state index contributed by atoms with van der Waals surface area (Å²) in [7, 11) is 0. The second kappa shape index (κ2) is 20.0. The number of nitrogens with zero attached hydrogens (tertiary/aromatic N) is 6. The number of hydrogen-bond donors (Lipinski definition) is 2. The van der Waals surface area contributed by atoms with Crippen molar-refractivity contribution in [1.29, 1.82) is 21.0 Å². The molecule has 73 heavy (non-hydrogen) atoms. The highest BCUT2D eigenvalue weighted by Gasteiger charge is 2.42. The molecule has 0 amide bonds. The Morgan fingerprint density at radius 3 is 0.986 bits per heavy atom. The van der Waals surface area contributed by atoms with Crippen molar-refractivity contribution < 1.29 is 18.9 Å². The zero-order valence-corrected chi connectivity index (χ0v) is 38.8. The van der Waals surface area contributed by atoms with Gasteiger partial charge in [0, 0.05) is 46.8 Å². The van der Waals surface area contributed by atoms with Crippen LogP contribution in [-0.2, 0) is 5.66 Å². The molecular formula is C61H40N8O4. The summed E-state index contributed by atoms with van der Waals surface area (Å²) in [5.74, 6) is 2.83. The fourth-order valence-corrected chi connectivity index (χ4v) is 8.72. The molecule has 2 aliphatic rings. The normalized spacial score (nSPS) is 17.9. The summed E-state index contributed by atoms with van der Waals surface area (Å²) < 4.78 is 31.7. The maximum Gasteiger partial charge on any atom is 0.202 e. The van der Waals surface area contributed by atoms with Gasteiger partial charge in [-0.3, -0.25) is 9.13 Å². The highest BCUT2D eigenvalue weighted by molar-refractivity contribution is 5.85. The third-order valence-electron chi connectivity index (χ3n) is 12.0. The van der Waals surface area contributed by atoms with Crippen LogP contribution in [-0.4, -0.2) is 9.13 Å². The Hall–Kier alpha value is -10.9. The van der Waals surface area contributed by atoms with Crippen LogP contribution in [0.5, 0.6) is 34.8 Å². The van der Waals surface area contributed by atoms with E-state index in [9.17, 15) is 21.0 Å². The van der Waals surface area contributed by atoms with E-state index >= 15 is 0 Å². The quantitative estimate of drug-likeness (QED) is 0.133. The number of rotatable bonds is 10. The van der Waals surface area contributed by atoms with Gasteiger partial charge in [0.25, 0.3) is 0 Å². The number of nitriles is 4. The van der Waals surface area contributed by atoms with Crippen LogP contribution in [0.4, 0.5) is 0 Å². The van der Waals surface area contributed by atoms with Crippen LogP contribution in [0.1, 0.15) is 44.8 Å². The Labute approximate surface area is 420 Å². The molecule has 12 nitrogen and oxygen atoms in total. The third-order valence-corrected chi connectivity index (χ3v) is 12.0. The van der Waals surface area contributed by atoms with Crippen LogP contribution in [0.2, 0.25) is 0 Å². The lowest BCUT2D eigenvalue weighted by molar-refractivity contribution is 0.287. The summed E-state index contributed by atoms with van der Waals surface area (Å²) in [4.78, 5) is 0. The first-order valence-corrected chi connectivity index (χ1v) is 22.9. The van der Waals surface area contributed by atoms with E-state index in [1.165, 1.54) is 0 Å². The molecule has 1 spiro atoms. The topological polar surface area (TPSA) is 194 Å². The molecule has 8 aromatic rings. The number of allylic oxidation sites excluding steroid dienone is 6. The zero-order chi connectivity index (χ0) is 50.3. The Morgan fingerprint density at radius 1 is 0.356 bits per heavy atom. The van der Waals surface area contributed by atoms with Gasteiger partial charge in [-0.2, -0.15) is 21.0 Å². The van der Waals surface area contributed by atoms with E-state index in [0.29, 0.717) is 90.9 Å². The van der Waals surface area contributed by atoms with Crippen LogP contribution < -0.4 is 30.4 Å². The van der Waals surface area contributed by atoms with Crippen molar-refractivity contribution in [2.45, 2.75) is 5.66 Å². The van der Waals surface area contributed by atoms with Crippen LogP contribution in [0, 0.1) is 45.3 Å². The third kappa shape index (κ3) is 9.34. The van der Waals surface area contributed by atoms with Gasteiger partial charge in [-0.15, -0.1) is 0 Å². The fourth-order valence-electron chi connectivity index (χ4n) is 8.72. The standard InChI is InChI=1S/C61H40N8O4/c62-37-41-11-19-47(20-12-41)70-51-27-29-53(66)59(45-7-3-1-4-8-45)55-31-33-57(72-49-23-15-43(39-64)16-24-49)68(55)61(35-51)36-52(71-48-21-13-42(38-63)14-22-48)28-30-54(67)60(46-9-5-2-6-10-46)56-32-34-58(69(56)61)73-50-25-17-44(40-65)18-26-50/h1-36H,66-67H2/b29-27-,30-28-,51-35-,52-36-,59-53-,60-54-. The minimum atomic E-state index is -1.75. The first-order chi connectivity index (χ1) is 35.7. The molecule has 0 fully saturated rings. The second-order valence-corrected chi connectivity index (χ2v) is 16.7. The first-order valence-electron chi connectivity index (χ1n) is 22.9. The Balaban J connectivity index is 1.39. The Bertz CT molecular complexity index is 3510. The van der Waals surface area contributed by atoms with Crippen LogP contribution in [0.15, 0.2) is 241 Å². The SMILES string of the molecule is N#Cc1ccc(OC2=C\C3(/C=C(Oc4ccc(C#N)cc4)/C=C\C(N)=C(/c4ccccc4)c4ccc(Oc5ccc(C#N)cc5)n43)n3c(Oc4ccc(C#N)cc4)ccc3/C(c3ccccc3)=C(N)/C=C\2)cc1. The molecular weight excluding hydrogens is 909 g/mol. The average molecular weight is 949 g/mol. The van der Waals surface area contributed by atoms with Gasteiger partial charge < -0.3 is 30.4 Å². The molecule has 10 rings (SSSR count). The van der Waals surface area contributed by atoms with E-state index in [1.807, 2.05) is 106 Å². The molecule has 2 aliphatic heterocycles. The van der Waals surface area contributed by atoms with Crippen LogP contribution >= 0.6 is 0 Å². The van der Waals surface area contributed by atoms with Crippen molar-refractivity contribution in [3.8, 4) is 59.0 Å². The van der Waals surface area contributed by atoms with Gasteiger partial charge in [0.2, 0.25) is 11.8 Å². The second-order valence-electron chi connectivity index (χ2n) is 16.7. The fraction of sp³-hybridized carbons (Fsp3) is 0.0164. The molecule has 6 aromatic carbocycles. The van der Waals surface area contributed by atoms with Gasteiger partial charge in [-0.25, -0.2) is 0 Å². The summed E-state index contributed by atoms with van der Waals surface area (Å²) in [6, 6.07) is 62.8. The molecule has 0 radical (unpaired) electrons. The molecule has 4 N–H and O–H groups in total. The molecule has 0 saturated heterocycles. The number of benzene rings is 6. The van der Waals surface area contributed by atoms with Crippen molar-refractivity contribution in [3.05, 3.63) is 286 Å². The van der Waals surface area contributed by atoms with E-state index in [-0.39, 0.29) is 11.5 Å². The monoisotopic (exact) mass is 948 g/mol. The van der Waals surface area contributed by atoms with Gasteiger partial charge in [-0.1, -0.05) is 60.7 Å². The lowest BCUT2D eigenvalue weighted by Crippen LogP contribution is -2.41. The number of ether oxygens (including phenoxy) is 4. The van der Waals surface area contributed by atoms with Crippen molar-refractivity contribution >= 4 is 11.1 Å². The first kappa shape index (κ1) is 45.8. The minimum absolute atomic E-state index is 0.283. The number of hydrogen-bond acceptors (Lipinski definition) is 10. The summed E-state index contributed by atoms with van der Waals surface area (Å²) in [5.41, 5.74) is 19.3. The average Bonchev–Trinajstić information content (AvgIpc) is 4.06. The number of aromatic nitrogens is 2. The highest BCUT2D eigenvalue weighted by atomic mass is 16.5. The molecule has 0 aliphatic carbocycles. The number of nitrogens with two attached hydrogens (primary N) is 2. The van der Waals surface area contributed by atoms with Crippen LogP contribution in [0.25, 0.3) is 11.1 Å². The molecule has 348 valence electrons. The molecule has 4 heterocycles. The summed E-state index contributed by atoms with van der Waals surface area (Å²) in [6.45, 7) is 0. The van der Waals surface area contributed by atoms with Gasteiger partial charge in [0.05, 0.1) is 57.9 Å². The van der Waals surface area contributed by atoms with E-state index < -0.39 is 5.66 Å². The van der Waals surface area contributed by atoms with E-state index in [1.54, 1.807) is 121 Å². The van der Waals surface area contributed by atoms with E-state index in [2.05, 4.69) is 24.3 Å². The molecule has 0 bridgehead atoms. The molecule has 2 aromatic heterocycles. The summed E-state index contributed by atoms with van der Waals surface area (Å²) in [6.07, 6.45) is 10.9. The van der Waals surface area contributed by atoms with Gasteiger partial charge in [0.1, 0.15) is 34.5 Å². The Kier molecular flexibility index (Phi) is 12.5. The predicted molar refractivity (Wildman–Crippen MR) is 276 cm³/mol. The van der Waals surface area contributed by atoms with Crippen molar-refractivity contribution in [2.24, 2.45) is 11.5 Å². The van der Waals surface area contributed by atoms with Gasteiger partial charge in [-0.05, 0) is 145 Å². The van der Waals surface area contributed by atoms with Crippen molar-refractivity contribution in [1.82, 2.24) is 9.13 Å². The number of fused-ring (bicyclic) bond motifs is 4. The lowest BCUT2D eigenvalue weighted by atomic mass is 9.97. The largest absolute Gasteiger partial charge is 0.458 e. The maximum absolute atomic E-state index is 9.77. The minimum Gasteiger partial charge on any atom is -0.458 e. The van der Waals surface area contributed by atoms with E-state index in [4.69, 9.17) is 30.4 Å². The smallest absolute Gasteiger partial charge is 0.202 e.